The van der Waals surface area contributed by atoms with Crippen LogP contribution >= 0.6 is 0 Å². The second-order valence-corrected chi connectivity index (χ2v) is 7.23. The summed E-state index contributed by atoms with van der Waals surface area (Å²) in [6.07, 6.45) is 0.256. The first-order valence-electron chi connectivity index (χ1n) is 10.1. The minimum absolute atomic E-state index is 0.131. The number of benzene rings is 1. The van der Waals surface area contributed by atoms with E-state index in [-0.39, 0.29) is 18.3 Å². The Bertz CT molecular complexity index is 1050. The van der Waals surface area contributed by atoms with E-state index >= 15 is 0 Å². The van der Waals surface area contributed by atoms with Crippen LogP contribution in [0.25, 0.3) is 11.3 Å². The van der Waals surface area contributed by atoms with Gasteiger partial charge in [-0.05, 0) is 51.5 Å². The predicted molar refractivity (Wildman–Crippen MR) is 118 cm³/mol. The molecule has 2 heterocycles. The summed E-state index contributed by atoms with van der Waals surface area (Å²) >= 11 is 0. The number of nitrogens with zero attached hydrogens (tertiary/aromatic N) is 2. The second kappa shape index (κ2) is 9.39. The molecule has 0 atom stereocenters. The van der Waals surface area contributed by atoms with Crippen molar-refractivity contribution in [2.45, 2.75) is 40.7 Å². The zero-order valence-electron chi connectivity index (χ0n) is 17.9. The van der Waals surface area contributed by atoms with Crippen LogP contribution in [0.1, 0.15) is 40.7 Å². The average Bonchev–Trinajstić information content (AvgIpc) is 3.03. The Balaban J connectivity index is 1.85. The van der Waals surface area contributed by atoms with E-state index in [1.165, 1.54) is 0 Å². The van der Waals surface area contributed by atoms with Crippen LogP contribution in [0.15, 0.2) is 48.5 Å². The number of anilines is 1. The van der Waals surface area contributed by atoms with Gasteiger partial charge in [-0.3, -0.25) is 4.79 Å². The lowest BCUT2D eigenvalue weighted by Gasteiger charge is -2.13. The van der Waals surface area contributed by atoms with Crippen molar-refractivity contribution in [1.82, 2.24) is 9.55 Å². The van der Waals surface area contributed by atoms with Crippen LogP contribution in [0.2, 0.25) is 0 Å². The number of hydrogen-bond donors (Lipinski definition) is 1. The SMILES string of the molecule is CCOC(=O)c1cc(-c2ccc(C)cc2)n(CCC(=O)Nc2cccc(C)n2)c1C. The van der Waals surface area contributed by atoms with Crippen molar-refractivity contribution < 1.29 is 14.3 Å². The van der Waals surface area contributed by atoms with E-state index in [1.807, 2.05) is 67.8 Å². The van der Waals surface area contributed by atoms with E-state index in [4.69, 9.17) is 4.74 Å². The van der Waals surface area contributed by atoms with Gasteiger partial charge >= 0.3 is 5.97 Å². The molecule has 0 aliphatic carbocycles. The summed E-state index contributed by atoms with van der Waals surface area (Å²) in [5.41, 5.74) is 5.18. The molecular formula is C24H27N3O3. The number of ether oxygens (including phenoxy) is 1. The fraction of sp³-hybridized carbons (Fsp3) is 0.292. The topological polar surface area (TPSA) is 73.2 Å². The van der Waals surface area contributed by atoms with Crippen LogP contribution in [0, 0.1) is 20.8 Å². The largest absolute Gasteiger partial charge is 0.462 e. The van der Waals surface area contributed by atoms with Crippen LogP contribution in [-0.4, -0.2) is 28.0 Å². The molecule has 0 saturated heterocycles. The van der Waals surface area contributed by atoms with Crippen molar-refractivity contribution in [1.29, 1.82) is 0 Å². The van der Waals surface area contributed by atoms with E-state index in [0.29, 0.717) is 24.5 Å². The van der Waals surface area contributed by atoms with Crippen LogP contribution in [0.3, 0.4) is 0 Å². The number of esters is 1. The maximum atomic E-state index is 12.5. The number of aromatic nitrogens is 2. The van der Waals surface area contributed by atoms with Gasteiger partial charge in [-0.1, -0.05) is 35.9 Å². The van der Waals surface area contributed by atoms with Gasteiger partial charge in [0.1, 0.15) is 5.82 Å². The van der Waals surface area contributed by atoms with Gasteiger partial charge in [-0.15, -0.1) is 0 Å². The van der Waals surface area contributed by atoms with Crippen molar-refractivity contribution >= 4 is 17.7 Å². The monoisotopic (exact) mass is 405 g/mol. The van der Waals surface area contributed by atoms with E-state index in [1.54, 1.807) is 13.0 Å². The molecule has 0 unspecified atom stereocenters. The molecule has 1 N–H and O–H groups in total. The zero-order chi connectivity index (χ0) is 21.7. The number of carbonyl (C=O) groups excluding carboxylic acids is 2. The summed E-state index contributed by atoms with van der Waals surface area (Å²) in [6, 6.07) is 15.4. The molecule has 0 bridgehead atoms. The molecule has 0 saturated carbocycles. The number of aryl methyl sites for hydroxylation is 2. The van der Waals surface area contributed by atoms with Gasteiger partial charge in [0.25, 0.3) is 0 Å². The second-order valence-electron chi connectivity index (χ2n) is 7.23. The highest BCUT2D eigenvalue weighted by Gasteiger charge is 2.20. The molecule has 156 valence electrons. The Labute approximate surface area is 176 Å². The smallest absolute Gasteiger partial charge is 0.339 e. The summed E-state index contributed by atoms with van der Waals surface area (Å²) in [6.45, 7) is 8.32. The first-order valence-corrected chi connectivity index (χ1v) is 10.1. The third-order valence-electron chi connectivity index (χ3n) is 4.93. The van der Waals surface area contributed by atoms with Gasteiger partial charge in [-0.25, -0.2) is 9.78 Å². The third kappa shape index (κ3) is 4.95. The van der Waals surface area contributed by atoms with Gasteiger partial charge in [0.15, 0.2) is 0 Å². The summed E-state index contributed by atoms with van der Waals surface area (Å²) in [7, 11) is 0. The highest BCUT2D eigenvalue weighted by atomic mass is 16.5. The fourth-order valence-corrected chi connectivity index (χ4v) is 3.34. The van der Waals surface area contributed by atoms with Crippen molar-refractivity contribution in [3.8, 4) is 11.3 Å². The quantitative estimate of drug-likeness (QED) is 0.579. The van der Waals surface area contributed by atoms with Crippen molar-refractivity contribution in [2.24, 2.45) is 0 Å². The number of carbonyl (C=O) groups is 2. The molecule has 1 aromatic carbocycles. The molecule has 6 heteroatoms. The number of hydrogen-bond acceptors (Lipinski definition) is 4. The molecule has 30 heavy (non-hydrogen) atoms. The molecule has 1 amide bonds. The molecular weight excluding hydrogens is 378 g/mol. The molecule has 0 spiro atoms. The Morgan fingerprint density at radius 1 is 1.07 bits per heavy atom. The summed E-state index contributed by atoms with van der Waals surface area (Å²) < 4.78 is 7.21. The zero-order valence-corrected chi connectivity index (χ0v) is 17.9. The summed E-state index contributed by atoms with van der Waals surface area (Å²) in [5, 5.41) is 2.83. The average molecular weight is 405 g/mol. The molecule has 2 aromatic heterocycles. The maximum Gasteiger partial charge on any atom is 0.339 e. The van der Waals surface area contributed by atoms with Gasteiger partial charge in [0.05, 0.1) is 12.2 Å². The molecule has 6 nitrogen and oxygen atoms in total. The normalized spacial score (nSPS) is 10.7. The van der Waals surface area contributed by atoms with Crippen LogP contribution in [0.4, 0.5) is 5.82 Å². The van der Waals surface area contributed by atoms with Gasteiger partial charge < -0.3 is 14.6 Å². The van der Waals surface area contributed by atoms with Crippen LogP contribution in [-0.2, 0) is 16.1 Å². The van der Waals surface area contributed by atoms with Crippen molar-refractivity contribution in [2.75, 3.05) is 11.9 Å². The Morgan fingerprint density at radius 3 is 2.47 bits per heavy atom. The van der Waals surface area contributed by atoms with Gasteiger partial charge in [0.2, 0.25) is 5.91 Å². The number of nitrogens with one attached hydrogen (secondary N) is 1. The van der Waals surface area contributed by atoms with Crippen molar-refractivity contribution in [3.05, 3.63) is 71.0 Å². The standard InChI is InChI=1S/C24H27N3O3/c1-5-30-24(29)20-15-21(19-11-9-16(2)10-12-19)27(18(20)4)14-13-23(28)26-22-8-6-7-17(3)25-22/h6-12,15H,5,13-14H2,1-4H3,(H,25,26,28). The molecule has 0 aliphatic rings. The van der Waals surface area contributed by atoms with Crippen molar-refractivity contribution in [3.63, 3.8) is 0 Å². The van der Waals surface area contributed by atoms with E-state index < -0.39 is 0 Å². The molecule has 3 rings (SSSR count). The van der Waals surface area contributed by atoms with Gasteiger partial charge in [0, 0.05) is 30.0 Å². The Morgan fingerprint density at radius 2 is 1.80 bits per heavy atom. The minimum atomic E-state index is -0.351. The van der Waals surface area contributed by atoms with Crippen LogP contribution in [0.5, 0.6) is 0 Å². The van der Waals surface area contributed by atoms with E-state index in [0.717, 1.165) is 28.2 Å². The van der Waals surface area contributed by atoms with E-state index in [9.17, 15) is 9.59 Å². The third-order valence-corrected chi connectivity index (χ3v) is 4.93. The lowest BCUT2D eigenvalue weighted by Crippen LogP contribution is -2.16. The number of amides is 1. The predicted octanol–water partition coefficient (Wildman–Crippen LogP) is 4.68. The van der Waals surface area contributed by atoms with E-state index in [2.05, 4.69) is 10.3 Å². The number of pyridine rings is 1. The fourth-order valence-electron chi connectivity index (χ4n) is 3.34. The highest BCUT2D eigenvalue weighted by Crippen LogP contribution is 2.27. The number of rotatable bonds is 7. The minimum Gasteiger partial charge on any atom is -0.462 e. The Hall–Kier alpha value is -3.41. The molecule has 0 fully saturated rings. The van der Waals surface area contributed by atoms with Gasteiger partial charge in [-0.2, -0.15) is 0 Å². The maximum absolute atomic E-state index is 12.5. The Kier molecular flexibility index (Phi) is 6.67. The summed E-state index contributed by atoms with van der Waals surface area (Å²) in [4.78, 5) is 29.2. The first-order chi connectivity index (χ1) is 14.4. The lowest BCUT2D eigenvalue weighted by atomic mass is 10.1. The highest BCUT2D eigenvalue weighted by molar-refractivity contribution is 5.93. The lowest BCUT2D eigenvalue weighted by molar-refractivity contribution is -0.116. The summed E-state index contributed by atoms with van der Waals surface area (Å²) in [5.74, 6) is 0.0551. The van der Waals surface area contributed by atoms with Crippen LogP contribution < -0.4 is 5.32 Å². The first kappa shape index (κ1) is 21.3. The molecule has 0 aliphatic heterocycles. The molecule has 3 aromatic rings. The molecule has 0 radical (unpaired) electrons.